The number of rotatable bonds is 6. The Kier molecular flexibility index (Phi) is 6.76. The van der Waals surface area contributed by atoms with Gasteiger partial charge >= 0.3 is 6.18 Å². The van der Waals surface area contributed by atoms with Gasteiger partial charge in [0.1, 0.15) is 6.54 Å². The SMILES string of the molecule is C[NH+](CC(=O)Nc1ccc(N2CCOCC2)cc1)Cc1ccc(C(F)(F)F)cc1. The maximum absolute atomic E-state index is 12.6. The fourth-order valence-corrected chi connectivity index (χ4v) is 3.28. The third kappa shape index (κ3) is 6.20. The van der Waals surface area contributed by atoms with Crippen LogP contribution < -0.4 is 15.1 Å². The number of nitrogens with zero attached hydrogens (tertiary/aromatic N) is 1. The van der Waals surface area contributed by atoms with Crippen LogP contribution >= 0.6 is 0 Å². The molecule has 1 amide bonds. The highest BCUT2D eigenvalue weighted by Gasteiger charge is 2.30. The van der Waals surface area contributed by atoms with Crippen molar-refractivity contribution in [2.75, 3.05) is 50.1 Å². The Morgan fingerprint density at radius 2 is 1.69 bits per heavy atom. The van der Waals surface area contributed by atoms with Crippen molar-refractivity contribution in [3.8, 4) is 0 Å². The predicted octanol–water partition coefficient (Wildman–Crippen LogP) is 2.20. The normalized spacial score (nSPS) is 15.8. The van der Waals surface area contributed by atoms with Crippen LogP contribution in [0.2, 0.25) is 0 Å². The van der Waals surface area contributed by atoms with E-state index in [0.29, 0.717) is 25.4 Å². The van der Waals surface area contributed by atoms with Crippen molar-refractivity contribution >= 4 is 17.3 Å². The Morgan fingerprint density at radius 1 is 1.07 bits per heavy atom. The summed E-state index contributed by atoms with van der Waals surface area (Å²) in [6.07, 6.45) is -4.34. The summed E-state index contributed by atoms with van der Waals surface area (Å²) in [4.78, 5) is 15.4. The van der Waals surface area contributed by atoms with E-state index in [1.54, 1.807) is 0 Å². The lowest BCUT2D eigenvalue weighted by molar-refractivity contribution is -0.885. The van der Waals surface area contributed by atoms with Crippen molar-refractivity contribution in [1.29, 1.82) is 0 Å². The third-order valence-corrected chi connectivity index (χ3v) is 4.78. The number of ether oxygens (including phenoxy) is 1. The topological polar surface area (TPSA) is 46.0 Å². The molecule has 0 aromatic heterocycles. The minimum absolute atomic E-state index is 0.145. The summed E-state index contributed by atoms with van der Waals surface area (Å²) >= 11 is 0. The van der Waals surface area contributed by atoms with E-state index >= 15 is 0 Å². The summed E-state index contributed by atoms with van der Waals surface area (Å²) < 4.78 is 43.2. The predicted molar refractivity (Wildman–Crippen MR) is 105 cm³/mol. The van der Waals surface area contributed by atoms with Crippen molar-refractivity contribution in [2.45, 2.75) is 12.7 Å². The number of quaternary nitrogens is 1. The second-order valence-electron chi connectivity index (χ2n) is 7.20. The first-order chi connectivity index (χ1) is 13.8. The number of halogens is 3. The van der Waals surface area contributed by atoms with Crippen LogP contribution in [0.4, 0.5) is 24.5 Å². The molecule has 1 aliphatic rings. The van der Waals surface area contributed by atoms with Gasteiger partial charge in [0, 0.05) is 30.0 Å². The molecule has 156 valence electrons. The van der Waals surface area contributed by atoms with Gasteiger partial charge in [-0.05, 0) is 36.4 Å². The van der Waals surface area contributed by atoms with Crippen LogP contribution in [0.3, 0.4) is 0 Å². The number of carbonyl (C=O) groups excluding carboxylic acids is 1. The van der Waals surface area contributed by atoms with Gasteiger partial charge in [-0.2, -0.15) is 13.2 Å². The maximum atomic E-state index is 12.6. The quantitative estimate of drug-likeness (QED) is 0.771. The largest absolute Gasteiger partial charge is 0.416 e. The van der Waals surface area contributed by atoms with Crippen molar-refractivity contribution in [2.24, 2.45) is 0 Å². The van der Waals surface area contributed by atoms with E-state index < -0.39 is 11.7 Å². The van der Waals surface area contributed by atoms with E-state index in [0.717, 1.165) is 41.4 Å². The fraction of sp³-hybridized carbons (Fsp3) is 0.381. The van der Waals surface area contributed by atoms with E-state index in [1.165, 1.54) is 12.1 Å². The van der Waals surface area contributed by atoms with Gasteiger partial charge in [-0.3, -0.25) is 4.79 Å². The van der Waals surface area contributed by atoms with Crippen molar-refractivity contribution in [3.05, 3.63) is 59.7 Å². The summed E-state index contributed by atoms with van der Waals surface area (Å²) in [7, 11) is 1.83. The van der Waals surface area contributed by atoms with E-state index in [2.05, 4.69) is 10.2 Å². The van der Waals surface area contributed by atoms with Crippen LogP contribution in [0.15, 0.2) is 48.5 Å². The second-order valence-corrected chi connectivity index (χ2v) is 7.20. The van der Waals surface area contributed by atoms with Crippen molar-refractivity contribution in [3.63, 3.8) is 0 Å². The summed E-state index contributed by atoms with van der Waals surface area (Å²) in [6, 6.07) is 12.7. The van der Waals surface area contributed by atoms with Gasteiger partial charge < -0.3 is 19.9 Å². The van der Waals surface area contributed by atoms with Gasteiger partial charge in [-0.25, -0.2) is 0 Å². The van der Waals surface area contributed by atoms with Crippen LogP contribution in [0.5, 0.6) is 0 Å². The molecule has 5 nitrogen and oxygen atoms in total. The van der Waals surface area contributed by atoms with Gasteiger partial charge in [0.15, 0.2) is 6.54 Å². The van der Waals surface area contributed by atoms with Crippen LogP contribution in [-0.2, 0) is 22.3 Å². The molecule has 2 N–H and O–H groups in total. The standard InChI is InChI=1S/C21H24F3N3O2/c1-26(14-16-2-4-17(5-3-16)21(22,23)24)15-20(28)25-18-6-8-19(9-7-18)27-10-12-29-13-11-27/h2-9H,10-15H2,1H3,(H,25,28)/p+1. The van der Waals surface area contributed by atoms with Crippen LogP contribution in [0, 0.1) is 0 Å². The van der Waals surface area contributed by atoms with Crippen LogP contribution in [-0.4, -0.2) is 45.8 Å². The number of benzene rings is 2. The average molecular weight is 408 g/mol. The highest BCUT2D eigenvalue weighted by Crippen LogP contribution is 2.29. The molecule has 1 atom stereocenters. The van der Waals surface area contributed by atoms with Gasteiger partial charge in [0.05, 0.1) is 25.8 Å². The molecule has 2 aromatic carbocycles. The van der Waals surface area contributed by atoms with Gasteiger partial charge in [0.25, 0.3) is 5.91 Å². The first-order valence-corrected chi connectivity index (χ1v) is 9.51. The van der Waals surface area contributed by atoms with E-state index in [4.69, 9.17) is 4.74 Å². The first kappa shape index (κ1) is 21.1. The Labute approximate surface area is 168 Å². The molecule has 0 radical (unpaired) electrons. The number of nitrogens with one attached hydrogen (secondary N) is 2. The molecule has 8 heteroatoms. The molecule has 1 saturated heterocycles. The number of likely N-dealkylation sites (N-methyl/N-ethyl adjacent to an activating group) is 1. The highest BCUT2D eigenvalue weighted by molar-refractivity contribution is 5.91. The number of morpholine rings is 1. The molecular weight excluding hydrogens is 383 g/mol. The first-order valence-electron chi connectivity index (χ1n) is 9.51. The van der Waals surface area contributed by atoms with E-state index in [1.807, 2.05) is 31.3 Å². The lowest BCUT2D eigenvalue weighted by Gasteiger charge is -2.28. The monoisotopic (exact) mass is 408 g/mol. The average Bonchev–Trinajstić information content (AvgIpc) is 2.69. The lowest BCUT2D eigenvalue weighted by Crippen LogP contribution is -3.08. The third-order valence-electron chi connectivity index (χ3n) is 4.78. The number of hydrogen-bond acceptors (Lipinski definition) is 3. The summed E-state index contributed by atoms with van der Waals surface area (Å²) in [5.41, 5.74) is 1.89. The Hall–Kier alpha value is -2.58. The van der Waals surface area contributed by atoms with Gasteiger partial charge in [-0.15, -0.1) is 0 Å². The zero-order chi connectivity index (χ0) is 20.9. The molecule has 29 heavy (non-hydrogen) atoms. The smallest absolute Gasteiger partial charge is 0.378 e. The van der Waals surface area contributed by atoms with Crippen molar-refractivity contribution < 1.29 is 27.6 Å². The number of amides is 1. The van der Waals surface area contributed by atoms with Crippen LogP contribution in [0.1, 0.15) is 11.1 Å². The molecule has 0 saturated carbocycles. The number of hydrogen-bond donors (Lipinski definition) is 2. The molecule has 1 aliphatic heterocycles. The Balaban J connectivity index is 1.48. The molecule has 2 aromatic rings. The van der Waals surface area contributed by atoms with E-state index in [-0.39, 0.29) is 12.5 Å². The molecular formula is C21H25F3N3O2+. The zero-order valence-corrected chi connectivity index (χ0v) is 16.3. The molecule has 1 fully saturated rings. The minimum Gasteiger partial charge on any atom is -0.378 e. The number of anilines is 2. The highest BCUT2D eigenvalue weighted by atomic mass is 19.4. The minimum atomic E-state index is -4.34. The lowest BCUT2D eigenvalue weighted by atomic mass is 10.1. The Bertz CT molecular complexity index is 801. The molecule has 1 heterocycles. The molecule has 1 unspecified atom stereocenters. The molecule has 0 aliphatic carbocycles. The second kappa shape index (κ2) is 9.28. The summed E-state index contributed by atoms with van der Waals surface area (Å²) in [6.45, 7) is 3.81. The van der Waals surface area contributed by atoms with Gasteiger partial charge in [0.2, 0.25) is 0 Å². The summed E-state index contributed by atoms with van der Waals surface area (Å²) in [5, 5.41) is 2.87. The molecule has 3 rings (SSSR count). The fourth-order valence-electron chi connectivity index (χ4n) is 3.28. The molecule has 0 bridgehead atoms. The maximum Gasteiger partial charge on any atom is 0.416 e. The number of carbonyl (C=O) groups is 1. The number of alkyl halides is 3. The molecule has 0 spiro atoms. The van der Waals surface area contributed by atoms with E-state index in [9.17, 15) is 18.0 Å². The summed E-state index contributed by atoms with van der Waals surface area (Å²) in [5.74, 6) is -0.145. The zero-order valence-electron chi connectivity index (χ0n) is 16.3. The van der Waals surface area contributed by atoms with Gasteiger partial charge in [-0.1, -0.05) is 12.1 Å². The Morgan fingerprint density at radius 3 is 2.28 bits per heavy atom. The van der Waals surface area contributed by atoms with Crippen LogP contribution in [0.25, 0.3) is 0 Å². The van der Waals surface area contributed by atoms with Crippen molar-refractivity contribution in [1.82, 2.24) is 0 Å².